The van der Waals surface area contributed by atoms with E-state index in [0.29, 0.717) is 19.1 Å². The van der Waals surface area contributed by atoms with E-state index in [4.69, 9.17) is 16.2 Å². The Kier molecular flexibility index (Phi) is 8.97. The lowest BCUT2D eigenvalue weighted by atomic mass is 9.87. The molecule has 0 radical (unpaired) electrons. The molecule has 19 heavy (non-hydrogen) atoms. The monoisotopic (exact) mass is 273 g/mol. The van der Waals surface area contributed by atoms with E-state index in [1.54, 1.807) is 12.0 Å². The number of hydrogen-bond acceptors (Lipinski definition) is 4. The Morgan fingerprint density at radius 2 is 1.89 bits per heavy atom. The van der Waals surface area contributed by atoms with Crippen LogP contribution in [0.1, 0.15) is 34.1 Å². The van der Waals surface area contributed by atoms with E-state index in [0.717, 1.165) is 6.42 Å². The third-order valence-corrected chi connectivity index (χ3v) is 3.91. The standard InChI is InChI=1S/C14H31N3O2/c1-6-11(3)12(4)13(16)14(18)17(9-15)7-10(2)8-19-5/h10-13H,6-9,15-16H2,1-5H3. The van der Waals surface area contributed by atoms with Gasteiger partial charge in [0.25, 0.3) is 0 Å². The molecule has 1 amide bonds. The smallest absolute Gasteiger partial charge is 0.240 e. The van der Waals surface area contributed by atoms with Gasteiger partial charge in [0.15, 0.2) is 0 Å². The van der Waals surface area contributed by atoms with Crippen molar-refractivity contribution in [2.24, 2.45) is 29.2 Å². The molecule has 0 fully saturated rings. The molecule has 0 aromatic rings. The molecule has 0 heterocycles. The number of methoxy groups -OCH3 is 1. The van der Waals surface area contributed by atoms with Crippen LogP contribution < -0.4 is 11.5 Å². The summed E-state index contributed by atoms with van der Waals surface area (Å²) in [6.45, 7) is 9.70. The summed E-state index contributed by atoms with van der Waals surface area (Å²) in [5, 5.41) is 0. The number of ether oxygens (including phenoxy) is 1. The molecule has 5 heteroatoms. The summed E-state index contributed by atoms with van der Waals surface area (Å²) < 4.78 is 5.08. The molecule has 0 rings (SSSR count). The van der Waals surface area contributed by atoms with Crippen LogP contribution in [0.2, 0.25) is 0 Å². The van der Waals surface area contributed by atoms with Gasteiger partial charge in [-0.1, -0.05) is 34.1 Å². The molecule has 0 spiro atoms. The summed E-state index contributed by atoms with van der Waals surface area (Å²) >= 11 is 0. The summed E-state index contributed by atoms with van der Waals surface area (Å²) in [7, 11) is 1.65. The number of amides is 1. The topological polar surface area (TPSA) is 81.6 Å². The van der Waals surface area contributed by atoms with Crippen molar-refractivity contribution < 1.29 is 9.53 Å². The van der Waals surface area contributed by atoms with Crippen LogP contribution in [0.15, 0.2) is 0 Å². The summed E-state index contributed by atoms with van der Waals surface area (Å²) in [5.41, 5.74) is 11.8. The van der Waals surface area contributed by atoms with Gasteiger partial charge in [-0.3, -0.25) is 4.79 Å². The Labute approximate surface area is 117 Å². The predicted octanol–water partition coefficient (Wildman–Crippen LogP) is 1.02. The zero-order valence-electron chi connectivity index (χ0n) is 13.1. The Hall–Kier alpha value is -0.650. The molecule has 0 bridgehead atoms. The van der Waals surface area contributed by atoms with Gasteiger partial charge in [0, 0.05) is 13.7 Å². The largest absolute Gasteiger partial charge is 0.384 e. The van der Waals surface area contributed by atoms with E-state index in [9.17, 15) is 4.79 Å². The SMILES string of the molecule is CCC(C)C(C)C(N)C(=O)N(CN)CC(C)COC. The van der Waals surface area contributed by atoms with Crippen molar-refractivity contribution in [3.8, 4) is 0 Å². The molecule has 0 saturated carbocycles. The van der Waals surface area contributed by atoms with E-state index in [1.807, 2.05) is 13.8 Å². The molecule has 4 unspecified atom stereocenters. The Morgan fingerprint density at radius 1 is 1.32 bits per heavy atom. The quantitative estimate of drug-likeness (QED) is 0.615. The highest BCUT2D eigenvalue weighted by Crippen LogP contribution is 2.18. The lowest BCUT2D eigenvalue weighted by molar-refractivity contribution is -0.135. The first-order valence-electron chi connectivity index (χ1n) is 7.12. The second-order valence-corrected chi connectivity index (χ2v) is 5.57. The maximum absolute atomic E-state index is 12.4. The van der Waals surface area contributed by atoms with Crippen LogP contribution in [-0.2, 0) is 9.53 Å². The molecule has 0 aliphatic rings. The maximum atomic E-state index is 12.4. The van der Waals surface area contributed by atoms with Gasteiger partial charge in [0.2, 0.25) is 5.91 Å². The molecule has 5 nitrogen and oxygen atoms in total. The molecule has 0 aliphatic carbocycles. The van der Waals surface area contributed by atoms with Crippen LogP contribution in [0.3, 0.4) is 0 Å². The first-order valence-corrected chi connectivity index (χ1v) is 7.12. The van der Waals surface area contributed by atoms with Crippen LogP contribution in [0.5, 0.6) is 0 Å². The number of hydrogen-bond donors (Lipinski definition) is 2. The van der Waals surface area contributed by atoms with E-state index in [-0.39, 0.29) is 24.4 Å². The van der Waals surface area contributed by atoms with Gasteiger partial charge in [-0.2, -0.15) is 0 Å². The van der Waals surface area contributed by atoms with E-state index < -0.39 is 6.04 Å². The Bertz CT molecular complexity index is 261. The van der Waals surface area contributed by atoms with E-state index in [2.05, 4.69) is 13.8 Å². The first kappa shape index (κ1) is 18.4. The summed E-state index contributed by atoms with van der Waals surface area (Å²) in [6.07, 6.45) is 1.02. The summed E-state index contributed by atoms with van der Waals surface area (Å²) in [6, 6.07) is -0.478. The average molecular weight is 273 g/mol. The first-order chi connectivity index (χ1) is 8.88. The van der Waals surface area contributed by atoms with Crippen LogP contribution in [0, 0.1) is 17.8 Å². The fraction of sp³-hybridized carbons (Fsp3) is 0.929. The van der Waals surface area contributed by atoms with Gasteiger partial charge < -0.3 is 21.1 Å². The van der Waals surface area contributed by atoms with Gasteiger partial charge >= 0.3 is 0 Å². The molecule has 0 aromatic heterocycles. The average Bonchev–Trinajstić information content (AvgIpc) is 2.41. The Balaban J connectivity index is 4.56. The number of nitrogens with zero attached hydrogens (tertiary/aromatic N) is 1. The normalized spacial score (nSPS) is 17.6. The second kappa shape index (κ2) is 9.28. The zero-order valence-corrected chi connectivity index (χ0v) is 13.1. The van der Waals surface area contributed by atoms with Gasteiger partial charge in [0.1, 0.15) is 0 Å². The predicted molar refractivity (Wildman–Crippen MR) is 78.4 cm³/mol. The highest BCUT2D eigenvalue weighted by molar-refractivity contribution is 5.82. The van der Waals surface area contributed by atoms with Crippen molar-refractivity contribution in [2.75, 3.05) is 26.9 Å². The lowest BCUT2D eigenvalue weighted by Gasteiger charge is -2.31. The zero-order chi connectivity index (χ0) is 15.0. The minimum atomic E-state index is -0.478. The van der Waals surface area contributed by atoms with E-state index in [1.165, 1.54) is 0 Å². The van der Waals surface area contributed by atoms with Crippen molar-refractivity contribution in [2.45, 2.75) is 40.2 Å². The maximum Gasteiger partial charge on any atom is 0.240 e. The van der Waals surface area contributed by atoms with Crippen molar-refractivity contribution >= 4 is 5.91 Å². The van der Waals surface area contributed by atoms with Crippen molar-refractivity contribution in [3.63, 3.8) is 0 Å². The molecule has 0 aromatic carbocycles. The van der Waals surface area contributed by atoms with Crippen LogP contribution in [0.4, 0.5) is 0 Å². The van der Waals surface area contributed by atoms with Crippen molar-refractivity contribution in [3.05, 3.63) is 0 Å². The van der Waals surface area contributed by atoms with Crippen LogP contribution in [-0.4, -0.2) is 43.8 Å². The minimum absolute atomic E-state index is 0.0572. The fourth-order valence-corrected chi connectivity index (χ4v) is 2.13. The molecule has 4 atom stereocenters. The van der Waals surface area contributed by atoms with Crippen molar-refractivity contribution in [1.29, 1.82) is 0 Å². The summed E-state index contributed by atoms with van der Waals surface area (Å²) in [5.74, 6) is 0.779. The van der Waals surface area contributed by atoms with Gasteiger partial charge in [-0.25, -0.2) is 0 Å². The highest BCUT2D eigenvalue weighted by Gasteiger charge is 2.28. The highest BCUT2D eigenvalue weighted by atomic mass is 16.5. The van der Waals surface area contributed by atoms with Crippen molar-refractivity contribution in [1.82, 2.24) is 4.90 Å². The number of nitrogens with two attached hydrogens (primary N) is 2. The van der Waals surface area contributed by atoms with E-state index >= 15 is 0 Å². The molecule has 4 N–H and O–H groups in total. The second-order valence-electron chi connectivity index (χ2n) is 5.57. The number of carbonyl (C=O) groups is 1. The van der Waals surface area contributed by atoms with Crippen LogP contribution in [0.25, 0.3) is 0 Å². The van der Waals surface area contributed by atoms with Crippen LogP contribution >= 0.6 is 0 Å². The molecule has 0 aliphatic heterocycles. The molecule has 0 saturated heterocycles. The Morgan fingerprint density at radius 3 is 2.32 bits per heavy atom. The molecule has 114 valence electrons. The third kappa shape index (κ3) is 5.89. The minimum Gasteiger partial charge on any atom is -0.384 e. The number of carbonyl (C=O) groups excluding carboxylic acids is 1. The summed E-state index contributed by atoms with van der Waals surface area (Å²) in [4.78, 5) is 14.0. The molecular formula is C14H31N3O2. The third-order valence-electron chi connectivity index (χ3n) is 3.91. The van der Waals surface area contributed by atoms with Gasteiger partial charge in [-0.15, -0.1) is 0 Å². The number of rotatable bonds is 9. The molecular weight excluding hydrogens is 242 g/mol. The fourth-order valence-electron chi connectivity index (χ4n) is 2.13. The van der Waals surface area contributed by atoms with Gasteiger partial charge in [-0.05, 0) is 17.8 Å². The van der Waals surface area contributed by atoms with Gasteiger partial charge in [0.05, 0.1) is 19.3 Å². The lowest BCUT2D eigenvalue weighted by Crippen LogP contribution is -2.51.